The molecule has 0 aliphatic carbocycles. The number of rotatable bonds is 4. The molecule has 0 saturated heterocycles. The molecular weight excluding hydrogens is 253 g/mol. The number of aryl methyl sites for hydroxylation is 2. The molecule has 0 radical (unpaired) electrons. The van der Waals surface area contributed by atoms with Crippen molar-refractivity contribution < 1.29 is 9.13 Å². The maximum Gasteiger partial charge on any atom is 0.165 e. The van der Waals surface area contributed by atoms with E-state index in [0.29, 0.717) is 6.61 Å². The Morgan fingerprint density at radius 2 is 1.80 bits per heavy atom. The monoisotopic (exact) mass is 273 g/mol. The molecule has 2 rings (SSSR count). The third-order valence-electron chi connectivity index (χ3n) is 3.50. The van der Waals surface area contributed by atoms with E-state index < -0.39 is 0 Å². The van der Waals surface area contributed by atoms with E-state index in [0.717, 1.165) is 22.3 Å². The molecule has 0 aromatic heterocycles. The van der Waals surface area contributed by atoms with Gasteiger partial charge in [-0.15, -0.1) is 0 Å². The van der Waals surface area contributed by atoms with Gasteiger partial charge in [-0.3, -0.25) is 0 Å². The van der Waals surface area contributed by atoms with Gasteiger partial charge in [0.2, 0.25) is 0 Å². The zero-order valence-electron chi connectivity index (χ0n) is 12.1. The summed E-state index contributed by atoms with van der Waals surface area (Å²) < 4.78 is 19.5. The molecule has 1 atom stereocenters. The second-order valence-electron chi connectivity index (χ2n) is 5.14. The Labute approximate surface area is 119 Å². The van der Waals surface area contributed by atoms with Crippen molar-refractivity contribution in [3.63, 3.8) is 0 Å². The van der Waals surface area contributed by atoms with Gasteiger partial charge < -0.3 is 10.5 Å². The van der Waals surface area contributed by atoms with E-state index in [-0.39, 0.29) is 17.6 Å². The Morgan fingerprint density at radius 1 is 1.15 bits per heavy atom. The van der Waals surface area contributed by atoms with Gasteiger partial charge >= 0.3 is 0 Å². The van der Waals surface area contributed by atoms with Crippen molar-refractivity contribution >= 4 is 0 Å². The van der Waals surface area contributed by atoms with Gasteiger partial charge in [-0.2, -0.15) is 0 Å². The van der Waals surface area contributed by atoms with Gasteiger partial charge in [0, 0.05) is 6.04 Å². The maximum atomic E-state index is 13.9. The summed E-state index contributed by atoms with van der Waals surface area (Å²) in [5.74, 6) is -0.108. The van der Waals surface area contributed by atoms with Crippen LogP contribution >= 0.6 is 0 Å². The first kappa shape index (κ1) is 14.5. The summed E-state index contributed by atoms with van der Waals surface area (Å²) in [6.07, 6.45) is 0. The molecule has 20 heavy (non-hydrogen) atoms. The molecule has 0 spiro atoms. The summed E-state index contributed by atoms with van der Waals surface area (Å²) in [7, 11) is 0. The lowest BCUT2D eigenvalue weighted by molar-refractivity contribution is 0.288. The molecule has 0 unspecified atom stereocenters. The summed E-state index contributed by atoms with van der Waals surface area (Å²) in [4.78, 5) is 0. The van der Waals surface area contributed by atoms with E-state index in [4.69, 9.17) is 10.5 Å². The number of halogens is 1. The van der Waals surface area contributed by atoms with Crippen LogP contribution in [0.5, 0.6) is 5.75 Å². The van der Waals surface area contributed by atoms with Gasteiger partial charge in [-0.25, -0.2) is 4.39 Å². The topological polar surface area (TPSA) is 35.2 Å². The number of benzene rings is 2. The van der Waals surface area contributed by atoms with Crippen LogP contribution in [0.3, 0.4) is 0 Å². The van der Waals surface area contributed by atoms with Crippen LogP contribution in [0.2, 0.25) is 0 Å². The Bertz CT molecular complexity index is 588. The van der Waals surface area contributed by atoms with Crippen LogP contribution in [0.4, 0.5) is 4.39 Å². The van der Waals surface area contributed by atoms with Gasteiger partial charge in [-0.05, 0) is 55.2 Å². The van der Waals surface area contributed by atoms with Gasteiger partial charge in [0.15, 0.2) is 11.6 Å². The molecule has 2 aromatic carbocycles. The van der Waals surface area contributed by atoms with Gasteiger partial charge in [0.05, 0.1) is 0 Å². The molecule has 2 N–H and O–H groups in total. The fourth-order valence-corrected chi connectivity index (χ4v) is 2.14. The Morgan fingerprint density at radius 3 is 2.35 bits per heavy atom. The quantitative estimate of drug-likeness (QED) is 0.912. The lowest BCUT2D eigenvalue weighted by Gasteiger charge is -2.13. The molecule has 0 amide bonds. The highest BCUT2D eigenvalue weighted by molar-refractivity contribution is 5.35. The van der Waals surface area contributed by atoms with Crippen LogP contribution in [-0.2, 0) is 6.61 Å². The van der Waals surface area contributed by atoms with E-state index in [9.17, 15) is 4.39 Å². The van der Waals surface area contributed by atoms with Crippen molar-refractivity contribution in [1.82, 2.24) is 0 Å². The van der Waals surface area contributed by atoms with Crippen LogP contribution in [0, 0.1) is 19.7 Å². The SMILES string of the molecule is Cc1cccc(C)c1COc1ccc([C@H](C)N)cc1F. The molecule has 0 aliphatic heterocycles. The largest absolute Gasteiger partial charge is 0.486 e. The number of hydrogen-bond acceptors (Lipinski definition) is 2. The minimum Gasteiger partial charge on any atom is -0.486 e. The molecule has 0 fully saturated rings. The predicted molar refractivity (Wildman–Crippen MR) is 79.3 cm³/mol. The molecule has 2 nitrogen and oxygen atoms in total. The first-order valence-corrected chi connectivity index (χ1v) is 6.72. The van der Waals surface area contributed by atoms with Crippen LogP contribution < -0.4 is 10.5 Å². The Kier molecular flexibility index (Phi) is 4.40. The van der Waals surface area contributed by atoms with Gasteiger partial charge in [0.1, 0.15) is 6.61 Å². The van der Waals surface area contributed by atoms with Crippen molar-refractivity contribution in [1.29, 1.82) is 0 Å². The predicted octanol–water partition coefficient (Wildman–Crippen LogP) is 4.04. The number of ether oxygens (including phenoxy) is 1. The van der Waals surface area contributed by atoms with Crippen molar-refractivity contribution in [3.05, 3.63) is 64.5 Å². The maximum absolute atomic E-state index is 13.9. The molecule has 0 aliphatic rings. The van der Waals surface area contributed by atoms with Crippen LogP contribution in [0.15, 0.2) is 36.4 Å². The third kappa shape index (κ3) is 3.17. The summed E-state index contributed by atoms with van der Waals surface area (Å²) >= 11 is 0. The number of hydrogen-bond donors (Lipinski definition) is 1. The number of nitrogens with two attached hydrogens (primary N) is 1. The summed E-state index contributed by atoms with van der Waals surface area (Å²) in [5.41, 5.74) is 9.90. The highest BCUT2D eigenvalue weighted by Crippen LogP contribution is 2.23. The van der Waals surface area contributed by atoms with E-state index in [1.54, 1.807) is 12.1 Å². The second-order valence-corrected chi connectivity index (χ2v) is 5.14. The first-order valence-electron chi connectivity index (χ1n) is 6.72. The standard InChI is InChI=1S/C17H20FNO/c1-11-5-4-6-12(2)15(11)10-20-17-8-7-14(13(3)19)9-16(17)18/h4-9,13H,10,19H2,1-3H3/t13-/m0/s1. The minimum atomic E-state index is -0.369. The molecule has 3 heteroatoms. The van der Waals surface area contributed by atoms with Crippen molar-refractivity contribution in [2.24, 2.45) is 5.73 Å². The molecule has 106 valence electrons. The lowest BCUT2D eigenvalue weighted by Crippen LogP contribution is -2.06. The molecule has 0 bridgehead atoms. The Hall–Kier alpha value is -1.87. The zero-order valence-corrected chi connectivity index (χ0v) is 12.1. The van der Waals surface area contributed by atoms with Gasteiger partial charge in [-0.1, -0.05) is 24.3 Å². The average molecular weight is 273 g/mol. The summed E-state index contributed by atoms with van der Waals surface area (Å²) in [6.45, 7) is 6.25. The average Bonchev–Trinajstić information content (AvgIpc) is 2.39. The second kappa shape index (κ2) is 6.06. The summed E-state index contributed by atoms with van der Waals surface area (Å²) in [6, 6.07) is 10.8. The molecule has 0 saturated carbocycles. The van der Waals surface area contributed by atoms with Crippen molar-refractivity contribution in [2.45, 2.75) is 33.4 Å². The van der Waals surface area contributed by atoms with Crippen LogP contribution in [0.25, 0.3) is 0 Å². The third-order valence-corrected chi connectivity index (χ3v) is 3.50. The molecule has 0 heterocycles. The van der Waals surface area contributed by atoms with Crippen molar-refractivity contribution in [3.8, 4) is 5.75 Å². The fraction of sp³-hybridized carbons (Fsp3) is 0.294. The van der Waals surface area contributed by atoms with E-state index >= 15 is 0 Å². The lowest BCUT2D eigenvalue weighted by atomic mass is 10.0. The first-order chi connectivity index (χ1) is 9.49. The molecule has 2 aromatic rings. The van der Waals surface area contributed by atoms with Crippen molar-refractivity contribution in [2.75, 3.05) is 0 Å². The van der Waals surface area contributed by atoms with Crippen LogP contribution in [0.1, 0.15) is 35.2 Å². The normalized spacial score (nSPS) is 12.2. The van der Waals surface area contributed by atoms with Gasteiger partial charge in [0.25, 0.3) is 0 Å². The fourth-order valence-electron chi connectivity index (χ4n) is 2.14. The summed E-state index contributed by atoms with van der Waals surface area (Å²) in [5, 5.41) is 0. The smallest absolute Gasteiger partial charge is 0.165 e. The van der Waals surface area contributed by atoms with E-state index in [1.807, 2.05) is 39.0 Å². The molecular formula is C17H20FNO. The minimum absolute atomic E-state index is 0.183. The highest BCUT2D eigenvalue weighted by Gasteiger charge is 2.09. The Balaban J connectivity index is 2.15. The van der Waals surface area contributed by atoms with E-state index in [2.05, 4.69) is 0 Å². The zero-order chi connectivity index (χ0) is 14.7. The highest BCUT2D eigenvalue weighted by atomic mass is 19.1. The van der Waals surface area contributed by atoms with Crippen LogP contribution in [-0.4, -0.2) is 0 Å². The van der Waals surface area contributed by atoms with E-state index in [1.165, 1.54) is 6.07 Å².